The van der Waals surface area contributed by atoms with Crippen molar-refractivity contribution in [1.82, 2.24) is 9.97 Å². The Labute approximate surface area is 90.4 Å². The van der Waals surface area contributed by atoms with Gasteiger partial charge in [0, 0.05) is 10.9 Å². The number of benzene rings is 1. The molecule has 14 heavy (non-hydrogen) atoms. The molecule has 0 spiro atoms. The minimum absolute atomic E-state index is 0. The Balaban J connectivity index is 0.000000750. The number of hydrogen-bond donors (Lipinski definition) is 2. The van der Waals surface area contributed by atoms with Gasteiger partial charge in [-0.15, -0.1) is 12.4 Å². The van der Waals surface area contributed by atoms with Crippen molar-refractivity contribution in [3.8, 4) is 0 Å². The fourth-order valence-electron chi connectivity index (χ4n) is 1.52. The van der Waals surface area contributed by atoms with E-state index in [1.807, 2.05) is 24.3 Å². The zero-order valence-electron chi connectivity index (χ0n) is 7.15. The second-order valence-corrected chi connectivity index (χ2v) is 3.93. The quantitative estimate of drug-likeness (QED) is 0.618. The number of thiazole rings is 1. The Morgan fingerprint density at radius 1 is 1.29 bits per heavy atom. The van der Waals surface area contributed by atoms with Gasteiger partial charge in [-0.1, -0.05) is 29.5 Å². The standard InChI is InChI=1S/C9H7N3S.ClH/c10-9-12-7-5-3-1-2-4-6(5)11-8(7)13-9;/h1-4,11H,(H2,10,12);1H. The van der Waals surface area contributed by atoms with E-state index < -0.39 is 0 Å². The van der Waals surface area contributed by atoms with E-state index in [2.05, 4.69) is 9.97 Å². The Kier molecular flexibility index (Phi) is 2.09. The van der Waals surface area contributed by atoms with Crippen LogP contribution in [0.2, 0.25) is 0 Å². The summed E-state index contributed by atoms with van der Waals surface area (Å²) in [5.41, 5.74) is 7.72. The molecule has 0 aliphatic heterocycles. The lowest BCUT2D eigenvalue weighted by molar-refractivity contribution is 1.51. The van der Waals surface area contributed by atoms with Crippen LogP contribution in [0.1, 0.15) is 0 Å². The fourth-order valence-corrected chi connectivity index (χ4v) is 2.28. The van der Waals surface area contributed by atoms with Crippen molar-refractivity contribution in [3.63, 3.8) is 0 Å². The molecular formula is C9H8ClN3S. The van der Waals surface area contributed by atoms with Gasteiger partial charge in [0.15, 0.2) is 5.13 Å². The highest BCUT2D eigenvalue weighted by Gasteiger charge is 2.07. The summed E-state index contributed by atoms with van der Waals surface area (Å²) in [7, 11) is 0. The molecule has 0 radical (unpaired) electrons. The number of H-pyrrole nitrogens is 1. The van der Waals surface area contributed by atoms with Crippen molar-refractivity contribution in [2.24, 2.45) is 0 Å². The number of para-hydroxylation sites is 1. The Bertz CT molecular complexity index is 584. The first-order chi connectivity index (χ1) is 6.34. The number of nitrogens with one attached hydrogen (secondary N) is 1. The van der Waals surface area contributed by atoms with Crippen LogP contribution in [0.15, 0.2) is 24.3 Å². The number of nitrogens with zero attached hydrogens (tertiary/aromatic N) is 1. The number of hydrogen-bond acceptors (Lipinski definition) is 3. The first-order valence-electron chi connectivity index (χ1n) is 3.97. The summed E-state index contributed by atoms with van der Waals surface area (Å²) in [4.78, 5) is 8.60. The van der Waals surface area contributed by atoms with Gasteiger partial charge < -0.3 is 10.7 Å². The Hall–Kier alpha value is -1.26. The lowest BCUT2D eigenvalue weighted by Crippen LogP contribution is -1.79. The highest BCUT2D eigenvalue weighted by atomic mass is 35.5. The summed E-state index contributed by atoms with van der Waals surface area (Å²) in [5, 5.41) is 1.76. The fraction of sp³-hybridized carbons (Fsp3) is 0. The largest absolute Gasteiger partial charge is 0.375 e. The summed E-state index contributed by atoms with van der Waals surface area (Å²) in [6.07, 6.45) is 0. The van der Waals surface area contributed by atoms with E-state index in [1.165, 1.54) is 11.3 Å². The predicted octanol–water partition coefficient (Wildman–Crippen LogP) is 2.78. The maximum Gasteiger partial charge on any atom is 0.182 e. The number of anilines is 1. The number of aromatic nitrogens is 2. The molecule has 0 amide bonds. The maximum atomic E-state index is 5.61. The third kappa shape index (κ3) is 1.15. The van der Waals surface area contributed by atoms with E-state index in [4.69, 9.17) is 5.73 Å². The normalized spacial score (nSPS) is 10.6. The smallest absolute Gasteiger partial charge is 0.182 e. The number of halogens is 1. The molecule has 0 atom stereocenters. The van der Waals surface area contributed by atoms with Crippen LogP contribution in [0.5, 0.6) is 0 Å². The van der Waals surface area contributed by atoms with Crippen LogP contribution in [0.25, 0.3) is 21.3 Å². The molecule has 72 valence electrons. The van der Waals surface area contributed by atoms with Crippen LogP contribution in [-0.2, 0) is 0 Å². The van der Waals surface area contributed by atoms with E-state index in [-0.39, 0.29) is 12.4 Å². The molecule has 3 nitrogen and oxygen atoms in total. The molecule has 0 unspecified atom stereocenters. The number of nitrogens with two attached hydrogens (primary N) is 1. The number of nitrogen functional groups attached to an aromatic ring is 1. The van der Waals surface area contributed by atoms with Crippen LogP contribution in [0, 0.1) is 0 Å². The average Bonchev–Trinajstić information content (AvgIpc) is 2.60. The first-order valence-corrected chi connectivity index (χ1v) is 4.79. The summed E-state index contributed by atoms with van der Waals surface area (Å²) in [6.45, 7) is 0. The monoisotopic (exact) mass is 225 g/mol. The third-order valence-corrected chi connectivity index (χ3v) is 2.87. The summed E-state index contributed by atoms with van der Waals surface area (Å²) < 4.78 is 0. The van der Waals surface area contributed by atoms with E-state index in [9.17, 15) is 0 Å². The number of fused-ring (bicyclic) bond motifs is 3. The zero-order valence-corrected chi connectivity index (χ0v) is 8.78. The molecule has 0 bridgehead atoms. The van der Waals surface area contributed by atoms with Gasteiger partial charge in [-0.05, 0) is 6.07 Å². The van der Waals surface area contributed by atoms with Gasteiger partial charge in [0.25, 0.3) is 0 Å². The SMILES string of the molecule is Cl.Nc1nc2c([nH]c3ccccc32)s1. The van der Waals surface area contributed by atoms with Crippen molar-refractivity contribution >= 4 is 50.1 Å². The summed E-state index contributed by atoms with van der Waals surface area (Å²) >= 11 is 1.49. The molecule has 0 fully saturated rings. The molecule has 5 heteroatoms. The topological polar surface area (TPSA) is 54.7 Å². The van der Waals surface area contributed by atoms with E-state index >= 15 is 0 Å². The molecule has 0 saturated carbocycles. The summed E-state index contributed by atoms with van der Waals surface area (Å²) in [5.74, 6) is 0. The molecule has 3 rings (SSSR count). The van der Waals surface area contributed by atoms with Crippen molar-refractivity contribution in [2.75, 3.05) is 5.73 Å². The lowest BCUT2D eigenvalue weighted by Gasteiger charge is -1.85. The summed E-state index contributed by atoms with van der Waals surface area (Å²) in [6, 6.07) is 8.10. The van der Waals surface area contributed by atoms with Gasteiger partial charge in [0.05, 0.1) is 0 Å². The minimum atomic E-state index is 0. The van der Waals surface area contributed by atoms with Gasteiger partial charge >= 0.3 is 0 Å². The second kappa shape index (κ2) is 3.15. The van der Waals surface area contributed by atoms with Gasteiger partial charge in [-0.3, -0.25) is 0 Å². The number of rotatable bonds is 0. The van der Waals surface area contributed by atoms with Crippen LogP contribution < -0.4 is 5.73 Å². The minimum Gasteiger partial charge on any atom is -0.375 e. The zero-order chi connectivity index (χ0) is 8.84. The van der Waals surface area contributed by atoms with Crippen molar-refractivity contribution in [1.29, 1.82) is 0 Å². The average molecular weight is 226 g/mol. The third-order valence-electron chi connectivity index (χ3n) is 2.07. The van der Waals surface area contributed by atoms with Gasteiger partial charge in [0.2, 0.25) is 0 Å². The first kappa shape index (κ1) is 9.30. The molecule has 0 aliphatic carbocycles. The molecule has 2 heterocycles. The Morgan fingerprint density at radius 2 is 2.07 bits per heavy atom. The molecule has 3 aromatic rings. The molecule has 0 saturated heterocycles. The van der Waals surface area contributed by atoms with E-state index in [0.29, 0.717) is 5.13 Å². The van der Waals surface area contributed by atoms with Crippen LogP contribution in [0.3, 0.4) is 0 Å². The maximum absolute atomic E-state index is 5.61. The van der Waals surface area contributed by atoms with Crippen molar-refractivity contribution in [2.45, 2.75) is 0 Å². The number of aromatic amines is 1. The Morgan fingerprint density at radius 3 is 2.93 bits per heavy atom. The predicted molar refractivity (Wildman–Crippen MR) is 63.1 cm³/mol. The molecule has 1 aromatic carbocycles. The molecule has 2 aromatic heterocycles. The van der Waals surface area contributed by atoms with Crippen LogP contribution in [-0.4, -0.2) is 9.97 Å². The van der Waals surface area contributed by atoms with E-state index in [1.54, 1.807) is 0 Å². The van der Waals surface area contributed by atoms with Gasteiger partial charge in [0.1, 0.15) is 10.3 Å². The highest BCUT2D eigenvalue weighted by molar-refractivity contribution is 7.21. The van der Waals surface area contributed by atoms with Gasteiger partial charge in [-0.2, -0.15) is 0 Å². The van der Waals surface area contributed by atoms with Crippen LogP contribution in [0.4, 0.5) is 5.13 Å². The van der Waals surface area contributed by atoms with Gasteiger partial charge in [-0.25, -0.2) is 4.98 Å². The van der Waals surface area contributed by atoms with E-state index in [0.717, 1.165) is 21.3 Å². The molecular weight excluding hydrogens is 218 g/mol. The molecule has 0 aliphatic rings. The lowest BCUT2D eigenvalue weighted by atomic mass is 10.2. The van der Waals surface area contributed by atoms with Crippen LogP contribution >= 0.6 is 23.7 Å². The van der Waals surface area contributed by atoms with Crippen molar-refractivity contribution in [3.05, 3.63) is 24.3 Å². The van der Waals surface area contributed by atoms with Crippen molar-refractivity contribution < 1.29 is 0 Å². The highest BCUT2D eigenvalue weighted by Crippen LogP contribution is 2.29. The molecule has 3 N–H and O–H groups in total. The second-order valence-electron chi connectivity index (χ2n) is 2.90.